The van der Waals surface area contributed by atoms with Crippen LogP contribution in [0.15, 0.2) is 23.1 Å². The van der Waals surface area contributed by atoms with E-state index in [1.807, 2.05) is 0 Å². The van der Waals surface area contributed by atoms with Crippen LogP contribution in [-0.4, -0.2) is 43.0 Å². The van der Waals surface area contributed by atoms with Crippen molar-refractivity contribution in [1.82, 2.24) is 4.31 Å². The van der Waals surface area contributed by atoms with Crippen LogP contribution in [0.4, 0.5) is 13.2 Å². The Morgan fingerprint density at radius 1 is 1.38 bits per heavy atom. The van der Waals surface area contributed by atoms with E-state index in [0.717, 1.165) is 16.4 Å². The van der Waals surface area contributed by atoms with Crippen LogP contribution in [0.25, 0.3) is 0 Å². The van der Waals surface area contributed by atoms with Gasteiger partial charge in [-0.05, 0) is 38.0 Å². The highest BCUT2D eigenvalue weighted by atomic mass is 32.2. The minimum Gasteiger partial charge on any atom is -0.481 e. The summed E-state index contributed by atoms with van der Waals surface area (Å²) in [6.45, 7) is -2.03. The number of nitrogens with zero attached hydrogens (tertiary/aromatic N) is 1. The molecule has 1 saturated heterocycles. The molecule has 0 radical (unpaired) electrons. The first-order chi connectivity index (χ1) is 11.1. The Balaban J connectivity index is 2.45. The Bertz CT molecular complexity index is 725. The molecule has 24 heavy (non-hydrogen) atoms. The lowest BCUT2D eigenvalue weighted by molar-refractivity contribution is -0.143. The smallest absolute Gasteiger partial charge is 0.387 e. The van der Waals surface area contributed by atoms with Gasteiger partial charge >= 0.3 is 12.6 Å². The van der Waals surface area contributed by atoms with E-state index in [1.54, 1.807) is 6.92 Å². The minimum atomic E-state index is -4.40. The number of rotatable bonds is 5. The number of benzene rings is 1. The molecule has 1 aromatic rings. The molecule has 0 amide bonds. The highest BCUT2D eigenvalue weighted by Gasteiger charge is 2.39. The van der Waals surface area contributed by atoms with Crippen LogP contribution in [-0.2, 0) is 14.8 Å². The van der Waals surface area contributed by atoms with Gasteiger partial charge in [0.15, 0.2) is 0 Å². The maximum atomic E-state index is 13.5. The van der Waals surface area contributed by atoms with E-state index in [4.69, 9.17) is 5.11 Å². The van der Waals surface area contributed by atoms with Gasteiger partial charge in [-0.1, -0.05) is 0 Å². The van der Waals surface area contributed by atoms with Crippen LogP contribution in [0.1, 0.15) is 19.8 Å². The molecule has 1 heterocycles. The quantitative estimate of drug-likeness (QED) is 0.863. The highest BCUT2D eigenvalue weighted by Crippen LogP contribution is 2.33. The summed E-state index contributed by atoms with van der Waals surface area (Å²) >= 11 is 0. The van der Waals surface area contributed by atoms with Crippen molar-refractivity contribution in [2.45, 2.75) is 37.3 Å². The molecule has 0 saturated carbocycles. The number of carboxylic acids is 1. The zero-order valence-corrected chi connectivity index (χ0v) is 13.5. The van der Waals surface area contributed by atoms with Gasteiger partial charge < -0.3 is 9.84 Å². The maximum Gasteiger partial charge on any atom is 0.387 e. The second-order valence-electron chi connectivity index (χ2n) is 5.51. The average Bonchev–Trinajstić information content (AvgIpc) is 2.48. The molecule has 0 spiro atoms. The van der Waals surface area contributed by atoms with Crippen molar-refractivity contribution in [2.75, 3.05) is 6.54 Å². The summed E-state index contributed by atoms with van der Waals surface area (Å²) in [4.78, 5) is 10.4. The molecule has 10 heteroatoms. The van der Waals surface area contributed by atoms with Crippen LogP contribution < -0.4 is 4.74 Å². The highest BCUT2D eigenvalue weighted by molar-refractivity contribution is 7.89. The Labute approximate surface area is 136 Å². The first kappa shape index (κ1) is 18.5. The minimum absolute atomic E-state index is 0.288. The standard InChI is InChI=1S/C14H16F3NO5S/c1-8-2-3-9(13(19)20)7-18(8)24(21,22)12-6-10(15)4-5-11(12)23-14(16)17/h4-6,8-9,14H,2-3,7H2,1H3,(H,19,20). The fourth-order valence-corrected chi connectivity index (χ4v) is 4.45. The molecule has 2 unspecified atom stereocenters. The molecule has 2 atom stereocenters. The third kappa shape index (κ3) is 3.81. The van der Waals surface area contributed by atoms with E-state index in [1.165, 1.54) is 0 Å². The number of aliphatic carboxylic acids is 1. The molecule has 1 N–H and O–H groups in total. The molecular formula is C14H16F3NO5S. The maximum absolute atomic E-state index is 13.5. The lowest BCUT2D eigenvalue weighted by atomic mass is 9.96. The van der Waals surface area contributed by atoms with Gasteiger partial charge in [-0.15, -0.1) is 0 Å². The number of piperidine rings is 1. The average molecular weight is 367 g/mol. The summed E-state index contributed by atoms with van der Waals surface area (Å²) in [6.07, 6.45) is 0.586. The second kappa shape index (κ2) is 6.98. The molecule has 0 bridgehead atoms. The summed E-state index contributed by atoms with van der Waals surface area (Å²) in [5.41, 5.74) is 0. The van der Waals surface area contributed by atoms with Gasteiger partial charge in [-0.25, -0.2) is 12.8 Å². The first-order valence-electron chi connectivity index (χ1n) is 7.12. The monoisotopic (exact) mass is 367 g/mol. The van der Waals surface area contributed by atoms with Crippen molar-refractivity contribution >= 4 is 16.0 Å². The Morgan fingerprint density at radius 3 is 2.62 bits per heavy atom. The molecule has 0 aliphatic carbocycles. The van der Waals surface area contributed by atoms with Crippen molar-refractivity contribution in [3.8, 4) is 5.75 Å². The van der Waals surface area contributed by atoms with Crippen LogP contribution in [0.5, 0.6) is 5.75 Å². The topological polar surface area (TPSA) is 83.9 Å². The predicted octanol–water partition coefficient (Wildman–Crippen LogP) is 2.30. The van der Waals surface area contributed by atoms with Gasteiger partial charge in [0.25, 0.3) is 0 Å². The van der Waals surface area contributed by atoms with Crippen LogP contribution >= 0.6 is 0 Å². The van der Waals surface area contributed by atoms with Gasteiger partial charge in [0.2, 0.25) is 10.0 Å². The summed E-state index contributed by atoms with van der Waals surface area (Å²) in [5.74, 6) is -3.68. The molecular weight excluding hydrogens is 351 g/mol. The van der Waals surface area contributed by atoms with E-state index in [-0.39, 0.29) is 13.0 Å². The molecule has 0 aromatic heterocycles. The number of ether oxygens (including phenoxy) is 1. The van der Waals surface area contributed by atoms with E-state index >= 15 is 0 Å². The molecule has 1 fully saturated rings. The van der Waals surface area contributed by atoms with Crippen molar-refractivity contribution in [3.05, 3.63) is 24.0 Å². The van der Waals surface area contributed by atoms with Gasteiger partial charge in [-0.2, -0.15) is 13.1 Å². The van der Waals surface area contributed by atoms with Gasteiger partial charge in [0.05, 0.1) is 5.92 Å². The third-order valence-electron chi connectivity index (χ3n) is 3.88. The molecule has 134 valence electrons. The second-order valence-corrected chi connectivity index (χ2v) is 7.36. The summed E-state index contributed by atoms with van der Waals surface area (Å²) in [6, 6.07) is 1.64. The lowest BCUT2D eigenvalue weighted by Gasteiger charge is -2.35. The van der Waals surface area contributed by atoms with E-state index in [9.17, 15) is 26.4 Å². The number of halogens is 3. The fourth-order valence-electron chi connectivity index (χ4n) is 2.61. The van der Waals surface area contributed by atoms with Crippen LogP contribution in [0, 0.1) is 11.7 Å². The number of hydrogen-bond donors (Lipinski definition) is 1. The van der Waals surface area contributed by atoms with Crippen molar-refractivity contribution in [3.63, 3.8) is 0 Å². The largest absolute Gasteiger partial charge is 0.481 e. The van der Waals surface area contributed by atoms with E-state index < -0.39 is 51.0 Å². The Kier molecular flexibility index (Phi) is 5.38. The van der Waals surface area contributed by atoms with Gasteiger partial charge in [-0.3, -0.25) is 4.79 Å². The zero-order valence-electron chi connectivity index (χ0n) is 12.7. The van der Waals surface area contributed by atoms with Crippen molar-refractivity contribution < 1.29 is 36.2 Å². The molecule has 2 rings (SSSR count). The summed E-state index contributed by atoms with van der Waals surface area (Å²) in [5, 5.41) is 9.09. The molecule has 1 aliphatic rings. The molecule has 6 nitrogen and oxygen atoms in total. The van der Waals surface area contributed by atoms with E-state index in [2.05, 4.69) is 4.74 Å². The fraction of sp³-hybridized carbons (Fsp3) is 0.500. The molecule has 1 aromatic carbocycles. The Morgan fingerprint density at radius 2 is 2.04 bits per heavy atom. The molecule has 1 aliphatic heterocycles. The number of alkyl halides is 2. The third-order valence-corrected chi connectivity index (χ3v) is 5.88. The predicted molar refractivity (Wildman–Crippen MR) is 76.7 cm³/mol. The number of sulfonamides is 1. The van der Waals surface area contributed by atoms with Crippen LogP contribution in [0.2, 0.25) is 0 Å². The number of carbonyl (C=O) groups is 1. The summed E-state index contributed by atoms with van der Waals surface area (Å²) < 4.78 is 69.0. The normalized spacial score (nSPS) is 22.5. The van der Waals surface area contributed by atoms with Crippen molar-refractivity contribution in [1.29, 1.82) is 0 Å². The first-order valence-corrected chi connectivity index (χ1v) is 8.56. The SMILES string of the molecule is CC1CCC(C(=O)O)CN1S(=O)(=O)c1cc(F)ccc1OC(F)F. The Hall–Kier alpha value is -1.81. The lowest BCUT2D eigenvalue weighted by Crippen LogP contribution is -2.47. The van der Waals surface area contributed by atoms with Crippen molar-refractivity contribution in [2.24, 2.45) is 5.92 Å². The number of carboxylic acid groups (broad SMARTS) is 1. The number of hydrogen-bond acceptors (Lipinski definition) is 4. The summed E-state index contributed by atoms with van der Waals surface area (Å²) in [7, 11) is -4.40. The van der Waals surface area contributed by atoms with E-state index in [0.29, 0.717) is 12.5 Å². The van der Waals surface area contributed by atoms with Gasteiger partial charge in [0, 0.05) is 12.6 Å². The zero-order chi connectivity index (χ0) is 18.1. The van der Waals surface area contributed by atoms with Gasteiger partial charge in [0.1, 0.15) is 16.5 Å². The van der Waals surface area contributed by atoms with Crippen LogP contribution in [0.3, 0.4) is 0 Å².